The van der Waals surface area contributed by atoms with Crippen molar-refractivity contribution in [2.45, 2.75) is 37.1 Å². The number of rotatable bonds is 5. The maximum atomic E-state index is 11.6. The number of likely N-dealkylation sites (N-methyl/N-ethyl adjacent to an activating group) is 2. The number of H-pyrrole nitrogens is 2. The Morgan fingerprint density at radius 3 is 1.42 bits per heavy atom. The van der Waals surface area contributed by atoms with Crippen molar-refractivity contribution < 1.29 is 39.6 Å². The fraction of sp³-hybridized carbons (Fsp3) is 0.333. The van der Waals surface area contributed by atoms with Crippen LogP contribution in [0, 0.1) is 11.8 Å². The van der Waals surface area contributed by atoms with E-state index >= 15 is 0 Å². The smallest absolute Gasteiger partial charge is 0.335 e. The van der Waals surface area contributed by atoms with Gasteiger partial charge in [0, 0.05) is 59.4 Å². The summed E-state index contributed by atoms with van der Waals surface area (Å²) in [6, 6.07) is 13.3. The van der Waals surface area contributed by atoms with E-state index in [0.29, 0.717) is 25.2 Å². The average Bonchev–Trinajstić information content (AvgIpc) is 3.71. The molecule has 4 aromatic rings. The lowest BCUT2D eigenvalue weighted by Crippen LogP contribution is -2.45. The first-order valence-corrected chi connectivity index (χ1v) is 16.2. The molecule has 0 saturated heterocycles. The fourth-order valence-electron chi connectivity index (χ4n) is 7.53. The molecule has 2 aliphatic carbocycles. The highest BCUT2D eigenvalue weighted by atomic mass is 16.4. The number of carbonyl (C=O) groups excluding carboxylic acids is 2. The van der Waals surface area contributed by atoms with Crippen molar-refractivity contribution >= 4 is 56.7 Å². The second kappa shape index (κ2) is 13.6. The molecular formula is C36H40N6O8. The SMILES string of the molecule is CN1C[C@H](C(N)=O)C=C2c3cccc4[nH]cc(c34)C[C@H]21.CN1C[C@H](C(N)=O)C=C2c3cccc4[nH]cc(c34)C[C@H]21.O=C(O)C(O)C(O)C(=O)O. The van der Waals surface area contributed by atoms with Crippen LogP contribution in [0.15, 0.2) is 60.9 Å². The van der Waals surface area contributed by atoms with E-state index in [-0.39, 0.29) is 23.7 Å². The van der Waals surface area contributed by atoms with Gasteiger partial charge < -0.3 is 41.9 Å². The van der Waals surface area contributed by atoms with Crippen LogP contribution < -0.4 is 11.5 Å². The number of aromatic nitrogens is 2. The third-order valence-corrected chi connectivity index (χ3v) is 10.1. The molecule has 2 aromatic heterocycles. The standard InChI is InChI=1S/2C16H17N3O.C4H6O6/c2*1-19-8-10(16(17)20)5-12-11-3-2-4-13-15(11)9(7-18-13)6-14(12)19;5-1(3(7)8)2(6)4(9)10/h2*2-5,7,10,14,18H,6,8H2,1H3,(H2,17,20);1-2,5-6H,(H,7,8)(H,9,10)/t2*10-,14-;/m11./s1. The molecule has 0 spiro atoms. The number of benzene rings is 2. The molecule has 14 heteroatoms. The summed E-state index contributed by atoms with van der Waals surface area (Å²) in [4.78, 5) is 53.8. The summed E-state index contributed by atoms with van der Waals surface area (Å²) >= 11 is 0. The Morgan fingerprint density at radius 1 is 0.700 bits per heavy atom. The van der Waals surface area contributed by atoms with Crippen LogP contribution in [0.4, 0.5) is 0 Å². The van der Waals surface area contributed by atoms with Gasteiger partial charge in [0.25, 0.3) is 0 Å². The Hall–Kier alpha value is -5.28. The van der Waals surface area contributed by atoms with Gasteiger partial charge in [0.2, 0.25) is 11.8 Å². The van der Waals surface area contributed by atoms with Crippen molar-refractivity contribution in [3.8, 4) is 0 Å². The number of hydrogen-bond donors (Lipinski definition) is 8. The van der Waals surface area contributed by atoms with E-state index in [2.05, 4.69) is 94.8 Å². The van der Waals surface area contributed by atoms with Crippen LogP contribution in [-0.2, 0) is 32.0 Å². The van der Waals surface area contributed by atoms with Crippen molar-refractivity contribution in [1.29, 1.82) is 0 Å². The van der Waals surface area contributed by atoms with E-state index in [9.17, 15) is 19.2 Å². The minimum absolute atomic E-state index is 0.193. The van der Waals surface area contributed by atoms with Crippen LogP contribution in [0.25, 0.3) is 33.0 Å². The molecule has 0 fully saturated rings. The Labute approximate surface area is 286 Å². The number of aliphatic hydroxyl groups excluding tert-OH is 2. The van der Waals surface area contributed by atoms with Gasteiger partial charge in [0.1, 0.15) is 0 Å². The molecular weight excluding hydrogens is 644 g/mol. The molecule has 4 heterocycles. The third kappa shape index (κ3) is 6.29. The van der Waals surface area contributed by atoms with Crippen molar-refractivity contribution in [3.05, 3.63) is 83.2 Å². The molecule has 6 atom stereocenters. The predicted molar refractivity (Wildman–Crippen MR) is 185 cm³/mol. The summed E-state index contributed by atoms with van der Waals surface area (Å²) in [5, 5.41) is 35.1. The summed E-state index contributed by atoms with van der Waals surface area (Å²) in [5.74, 6) is -4.40. The van der Waals surface area contributed by atoms with E-state index in [4.69, 9.17) is 31.9 Å². The predicted octanol–water partition coefficient (Wildman–Crippen LogP) is 0.923. The van der Waals surface area contributed by atoms with Crippen LogP contribution in [0.3, 0.4) is 0 Å². The highest BCUT2D eigenvalue weighted by molar-refractivity contribution is 6.00. The summed E-state index contributed by atoms with van der Waals surface area (Å²) < 4.78 is 0. The number of carboxylic acids is 2. The number of nitrogens with one attached hydrogen (secondary N) is 2. The zero-order valence-corrected chi connectivity index (χ0v) is 27.5. The quantitative estimate of drug-likeness (QED) is 0.148. The van der Waals surface area contributed by atoms with E-state index in [1.165, 1.54) is 55.2 Å². The van der Waals surface area contributed by atoms with Gasteiger partial charge in [-0.15, -0.1) is 0 Å². The topological polar surface area (TPSA) is 239 Å². The van der Waals surface area contributed by atoms with E-state index in [1.54, 1.807) is 0 Å². The molecule has 0 saturated carbocycles. The number of aliphatic carboxylic acids is 2. The largest absolute Gasteiger partial charge is 0.479 e. The number of aliphatic hydroxyl groups is 2. The van der Waals surface area contributed by atoms with Gasteiger partial charge in [-0.25, -0.2) is 9.59 Å². The maximum absolute atomic E-state index is 11.6. The van der Waals surface area contributed by atoms with Gasteiger partial charge in [-0.1, -0.05) is 36.4 Å². The van der Waals surface area contributed by atoms with E-state index < -0.39 is 24.1 Å². The van der Waals surface area contributed by atoms with Crippen LogP contribution in [0.1, 0.15) is 22.3 Å². The van der Waals surface area contributed by atoms with Crippen LogP contribution in [0.2, 0.25) is 0 Å². The second-order valence-electron chi connectivity index (χ2n) is 13.2. The lowest BCUT2D eigenvalue weighted by molar-refractivity contribution is -0.165. The molecule has 4 aliphatic rings. The first-order chi connectivity index (χ1) is 23.8. The van der Waals surface area contributed by atoms with Gasteiger partial charge >= 0.3 is 11.9 Å². The lowest BCUT2D eigenvalue weighted by atomic mass is 9.80. The molecule has 0 radical (unpaired) electrons. The zero-order valence-electron chi connectivity index (χ0n) is 27.5. The van der Waals surface area contributed by atoms with Crippen molar-refractivity contribution in [1.82, 2.24) is 19.8 Å². The zero-order chi connectivity index (χ0) is 36.0. The van der Waals surface area contributed by atoms with Crippen LogP contribution >= 0.6 is 0 Å². The number of nitrogens with two attached hydrogens (primary N) is 2. The van der Waals surface area contributed by atoms with Gasteiger partial charge in [0.15, 0.2) is 12.2 Å². The summed E-state index contributed by atoms with van der Waals surface area (Å²) in [5.41, 5.74) is 21.1. The van der Waals surface area contributed by atoms with Crippen molar-refractivity contribution in [2.24, 2.45) is 23.3 Å². The minimum Gasteiger partial charge on any atom is -0.479 e. The molecule has 10 N–H and O–H groups in total. The number of hydrogen-bond acceptors (Lipinski definition) is 8. The number of primary amides is 2. The van der Waals surface area contributed by atoms with Gasteiger partial charge in [-0.2, -0.15) is 0 Å². The Kier molecular flexibility index (Phi) is 9.37. The molecule has 0 bridgehead atoms. The normalized spacial score (nSPS) is 23.4. The van der Waals surface area contributed by atoms with Gasteiger partial charge in [0.05, 0.1) is 11.8 Å². The monoisotopic (exact) mass is 684 g/mol. The molecule has 2 aromatic carbocycles. The van der Waals surface area contributed by atoms with Gasteiger partial charge in [-0.3, -0.25) is 19.4 Å². The molecule has 2 aliphatic heterocycles. The van der Waals surface area contributed by atoms with Crippen LogP contribution in [-0.4, -0.2) is 115 Å². The Balaban J connectivity index is 0.000000138. The summed E-state index contributed by atoms with van der Waals surface area (Å²) in [7, 11) is 4.15. The fourth-order valence-corrected chi connectivity index (χ4v) is 7.53. The lowest BCUT2D eigenvalue weighted by Gasteiger charge is -2.39. The Bertz CT molecular complexity index is 1920. The Morgan fingerprint density at radius 2 is 1.08 bits per heavy atom. The number of amides is 2. The van der Waals surface area contributed by atoms with E-state index in [0.717, 1.165) is 12.8 Å². The van der Waals surface area contributed by atoms with Crippen LogP contribution in [0.5, 0.6) is 0 Å². The number of carbonyl (C=O) groups is 4. The van der Waals surface area contributed by atoms with Crippen molar-refractivity contribution in [2.75, 3.05) is 27.2 Å². The molecule has 2 unspecified atom stereocenters. The van der Waals surface area contributed by atoms with Crippen molar-refractivity contribution in [3.63, 3.8) is 0 Å². The average molecular weight is 685 g/mol. The molecule has 2 amide bonds. The molecule has 50 heavy (non-hydrogen) atoms. The maximum Gasteiger partial charge on any atom is 0.335 e. The van der Waals surface area contributed by atoms with Gasteiger partial charge in [-0.05, 0) is 72.5 Å². The molecule has 8 rings (SSSR count). The number of nitrogens with zero attached hydrogens (tertiary/aromatic N) is 2. The highest BCUT2D eigenvalue weighted by Crippen LogP contribution is 2.42. The third-order valence-electron chi connectivity index (χ3n) is 10.1. The number of fused-ring (bicyclic) bond motifs is 4. The number of aromatic amines is 2. The number of carboxylic acid groups (broad SMARTS) is 2. The first kappa shape index (κ1) is 34.6. The second-order valence-corrected chi connectivity index (χ2v) is 13.2. The highest BCUT2D eigenvalue weighted by Gasteiger charge is 2.36. The summed E-state index contributed by atoms with van der Waals surface area (Å²) in [6.45, 7) is 1.42. The molecule has 14 nitrogen and oxygen atoms in total. The minimum atomic E-state index is -2.27. The first-order valence-electron chi connectivity index (χ1n) is 16.2. The van der Waals surface area contributed by atoms with E-state index in [1.807, 2.05) is 0 Å². The summed E-state index contributed by atoms with van der Waals surface area (Å²) in [6.07, 6.45) is 5.83. The molecule has 262 valence electrons.